The molecular formula is C20H19F5N6O3. The summed E-state index contributed by atoms with van der Waals surface area (Å²) in [6.45, 7) is -0.00980. The standard InChI is InChI=1S/C20H19F5N6O3/c21-19(22)4-11(5-19)3-15(32)26-7-13-1-2-31-9-14(29-18(31)28-13)8-27-17(33)16-12(10-34-30-16)6-20(23,24)25/h1-2,9-11H,3-8H2,(H,26,32)(H,27,33). The third-order valence-corrected chi connectivity index (χ3v) is 5.23. The van der Waals surface area contributed by atoms with Crippen LogP contribution in [0.2, 0.25) is 0 Å². The molecule has 0 radical (unpaired) electrons. The van der Waals surface area contributed by atoms with E-state index < -0.39 is 30.1 Å². The van der Waals surface area contributed by atoms with Gasteiger partial charge >= 0.3 is 6.18 Å². The third-order valence-electron chi connectivity index (χ3n) is 5.23. The monoisotopic (exact) mass is 486 g/mol. The van der Waals surface area contributed by atoms with Gasteiger partial charge in [0.25, 0.3) is 5.91 Å². The van der Waals surface area contributed by atoms with Gasteiger partial charge in [-0.25, -0.2) is 18.7 Å². The Morgan fingerprint density at radius 1 is 1.15 bits per heavy atom. The Morgan fingerprint density at radius 2 is 1.85 bits per heavy atom. The number of fused-ring (bicyclic) bond motifs is 1. The fourth-order valence-electron chi connectivity index (χ4n) is 3.63. The van der Waals surface area contributed by atoms with Gasteiger partial charge in [0, 0.05) is 37.2 Å². The highest BCUT2D eigenvalue weighted by molar-refractivity contribution is 5.93. The first-order chi connectivity index (χ1) is 16.0. The maximum Gasteiger partial charge on any atom is 0.393 e. The van der Waals surface area contributed by atoms with Gasteiger partial charge in [0.05, 0.1) is 30.9 Å². The molecule has 4 rings (SSSR count). The van der Waals surface area contributed by atoms with Crippen LogP contribution in [0.15, 0.2) is 29.2 Å². The predicted octanol–water partition coefficient (Wildman–Crippen LogP) is 2.80. The second-order valence-corrected chi connectivity index (χ2v) is 8.13. The number of alkyl halides is 5. The molecule has 1 aliphatic rings. The summed E-state index contributed by atoms with van der Waals surface area (Å²) in [5.41, 5.74) is 0.0383. The lowest BCUT2D eigenvalue weighted by Gasteiger charge is -2.34. The summed E-state index contributed by atoms with van der Waals surface area (Å²) in [5, 5.41) is 8.41. The summed E-state index contributed by atoms with van der Waals surface area (Å²) in [7, 11) is 0. The van der Waals surface area contributed by atoms with Crippen LogP contribution in [0.25, 0.3) is 5.78 Å². The number of hydrogen-bond acceptors (Lipinski definition) is 6. The summed E-state index contributed by atoms with van der Waals surface area (Å²) in [6, 6.07) is 1.63. The Labute approximate surface area is 188 Å². The maximum atomic E-state index is 12.9. The van der Waals surface area contributed by atoms with E-state index in [0.29, 0.717) is 11.4 Å². The zero-order valence-corrected chi connectivity index (χ0v) is 17.5. The van der Waals surface area contributed by atoms with Gasteiger partial charge in [-0.1, -0.05) is 5.16 Å². The van der Waals surface area contributed by atoms with Crippen LogP contribution in [0.1, 0.15) is 46.7 Å². The Kier molecular flexibility index (Phi) is 6.23. The molecule has 1 fully saturated rings. The van der Waals surface area contributed by atoms with Crippen LogP contribution in [0.4, 0.5) is 22.0 Å². The lowest BCUT2D eigenvalue weighted by molar-refractivity contribution is -0.134. The van der Waals surface area contributed by atoms with E-state index in [9.17, 15) is 31.5 Å². The number of carbonyl (C=O) groups excluding carboxylic acids is 2. The minimum atomic E-state index is -4.52. The van der Waals surface area contributed by atoms with Crippen LogP contribution in [-0.2, 0) is 24.3 Å². The quantitative estimate of drug-likeness (QED) is 0.474. The van der Waals surface area contributed by atoms with E-state index in [1.807, 2.05) is 0 Å². The average Bonchev–Trinajstić information content (AvgIpc) is 3.33. The molecule has 1 aliphatic carbocycles. The van der Waals surface area contributed by atoms with Crippen LogP contribution < -0.4 is 10.6 Å². The molecular weight excluding hydrogens is 467 g/mol. The molecule has 0 spiro atoms. The van der Waals surface area contributed by atoms with Crippen molar-refractivity contribution in [1.82, 2.24) is 30.2 Å². The van der Waals surface area contributed by atoms with E-state index in [-0.39, 0.29) is 55.5 Å². The van der Waals surface area contributed by atoms with Crippen molar-refractivity contribution in [2.24, 2.45) is 5.92 Å². The Bertz CT molecular complexity index is 1200. The molecule has 34 heavy (non-hydrogen) atoms. The molecule has 0 aromatic carbocycles. The number of carbonyl (C=O) groups is 2. The normalized spacial score (nSPS) is 15.8. The Hall–Kier alpha value is -3.58. The SMILES string of the molecule is O=C(CC1CC(F)(F)C1)NCc1ccn2cc(CNC(=O)c3nocc3CC(F)(F)F)nc2n1. The number of amides is 2. The van der Waals surface area contributed by atoms with Gasteiger partial charge in [0.15, 0.2) is 5.69 Å². The number of nitrogens with zero attached hydrogens (tertiary/aromatic N) is 4. The fourth-order valence-corrected chi connectivity index (χ4v) is 3.63. The van der Waals surface area contributed by atoms with Gasteiger partial charge in [-0.05, 0) is 12.0 Å². The average molecular weight is 486 g/mol. The molecule has 3 heterocycles. The van der Waals surface area contributed by atoms with E-state index in [1.165, 1.54) is 0 Å². The topological polar surface area (TPSA) is 114 Å². The number of aromatic nitrogens is 4. The van der Waals surface area contributed by atoms with Gasteiger partial charge < -0.3 is 15.2 Å². The minimum Gasteiger partial charge on any atom is -0.364 e. The van der Waals surface area contributed by atoms with Crippen LogP contribution in [-0.4, -0.2) is 43.4 Å². The van der Waals surface area contributed by atoms with Crippen LogP contribution in [0.5, 0.6) is 0 Å². The van der Waals surface area contributed by atoms with E-state index in [2.05, 4.69) is 30.3 Å². The van der Waals surface area contributed by atoms with Crippen molar-refractivity contribution in [3.63, 3.8) is 0 Å². The van der Waals surface area contributed by atoms with Crippen molar-refractivity contribution < 1.29 is 36.1 Å². The molecule has 2 N–H and O–H groups in total. The van der Waals surface area contributed by atoms with E-state index >= 15 is 0 Å². The van der Waals surface area contributed by atoms with Crippen molar-refractivity contribution in [1.29, 1.82) is 0 Å². The maximum absolute atomic E-state index is 12.9. The van der Waals surface area contributed by atoms with Crippen LogP contribution >= 0.6 is 0 Å². The first-order valence-corrected chi connectivity index (χ1v) is 10.2. The molecule has 182 valence electrons. The van der Waals surface area contributed by atoms with Gasteiger partial charge in [0.2, 0.25) is 17.6 Å². The number of nitrogens with one attached hydrogen (secondary N) is 2. The zero-order valence-electron chi connectivity index (χ0n) is 17.5. The second-order valence-electron chi connectivity index (χ2n) is 8.13. The van der Waals surface area contributed by atoms with Gasteiger partial charge in [0.1, 0.15) is 6.26 Å². The molecule has 0 atom stereocenters. The van der Waals surface area contributed by atoms with E-state index in [4.69, 9.17) is 0 Å². The molecule has 14 heteroatoms. The smallest absolute Gasteiger partial charge is 0.364 e. The molecule has 9 nitrogen and oxygen atoms in total. The van der Waals surface area contributed by atoms with Crippen LogP contribution in [0, 0.1) is 5.92 Å². The van der Waals surface area contributed by atoms with Gasteiger partial charge in [-0.15, -0.1) is 0 Å². The minimum absolute atomic E-state index is 0.0290. The molecule has 1 saturated carbocycles. The first-order valence-electron chi connectivity index (χ1n) is 10.2. The van der Waals surface area contributed by atoms with Gasteiger partial charge in [-0.3, -0.25) is 14.0 Å². The zero-order chi connectivity index (χ0) is 24.5. The van der Waals surface area contributed by atoms with E-state index in [0.717, 1.165) is 6.26 Å². The molecule has 0 bridgehead atoms. The van der Waals surface area contributed by atoms with Crippen molar-refractivity contribution in [3.05, 3.63) is 47.4 Å². The number of hydrogen-bond donors (Lipinski definition) is 2. The first kappa shape index (κ1) is 23.6. The highest BCUT2D eigenvalue weighted by Gasteiger charge is 2.45. The summed E-state index contributed by atoms with van der Waals surface area (Å²) < 4.78 is 69.6. The molecule has 2 amide bonds. The fraction of sp³-hybridized carbons (Fsp3) is 0.450. The third kappa shape index (κ3) is 5.85. The highest BCUT2D eigenvalue weighted by Crippen LogP contribution is 2.43. The summed E-state index contributed by atoms with van der Waals surface area (Å²) in [5.74, 6) is -3.90. The van der Waals surface area contributed by atoms with Crippen molar-refractivity contribution in [3.8, 4) is 0 Å². The van der Waals surface area contributed by atoms with Crippen LogP contribution in [0.3, 0.4) is 0 Å². The highest BCUT2D eigenvalue weighted by atomic mass is 19.4. The second kappa shape index (κ2) is 8.99. The lowest BCUT2D eigenvalue weighted by Crippen LogP contribution is -2.38. The molecule has 0 unspecified atom stereocenters. The van der Waals surface area contributed by atoms with Crippen molar-refractivity contribution in [2.45, 2.75) is 50.9 Å². The number of imidazole rings is 1. The largest absolute Gasteiger partial charge is 0.393 e. The van der Waals surface area contributed by atoms with Gasteiger partial charge in [-0.2, -0.15) is 13.2 Å². The summed E-state index contributed by atoms with van der Waals surface area (Å²) in [4.78, 5) is 32.7. The summed E-state index contributed by atoms with van der Waals surface area (Å²) >= 11 is 0. The summed E-state index contributed by atoms with van der Waals surface area (Å²) in [6.07, 6.45) is -2.41. The Balaban J connectivity index is 1.31. The number of rotatable bonds is 8. The van der Waals surface area contributed by atoms with E-state index in [1.54, 1.807) is 22.9 Å². The van der Waals surface area contributed by atoms with Crippen molar-refractivity contribution >= 4 is 17.6 Å². The molecule has 3 aromatic heterocycles. The number of halogens is 5. The Morgan fingerprint density at radius 3 is 2.56 bits per heavy atom. The predicted molar refractivity (Wildman–Crippen MR) is 105 cm³/mol. The van der Waals surface area contributed by atoms with Crippen molar-refractivity contribution in [2.75, 3.05) is 0 Å². The molecule has 0 aliphatic heterocycles. The lowest BCUT2D eigenvalue weighted by atomic mass is 9.79. The molecule has 3 aromatic rings. The molecule has 0 saturated heterocycles.